The van der Waals surface area contributed by atoms with E-state index < -0.39 is 16.5 Å². The summed E-state index contributed by atoms with van der Waals surface area (Å²) >= 11 is 5.71. The quantitative estimate of drug-likeness (QED) is 0.531. The maximum absolute atomic E-state index is 12.3. The van der Waals surface area contributed by atoms with E-state index in [-0.39, 0.29) is 16.8 Å². The molecule has 1 atom stereocenters. The number of rotatable bonds is 4. The molecule has 0 aliphatic rings. The first-order valence-electron chi connectivity index (χ1n) is 6.57. The summed E-state index contributed by atoms with van der Waals surface area (Å²) < 4.78 is 0. The number of aromatic nitrogens is 1. The monoisotopic (exact) mass is 319 g/mol. The van der Waals surface area contributed by atoms with Gasteiger partial charge < -0.3 is 5.32 Å². The lowest BCUT2D eigenvalue weighted by atomic mass is 10.0. The van der Waals surface area contributed by atoms with Crippen LogP contribution in [0.4, 0.5) is 5.69 Å². The van der Waals surface area contributed by atoms with Gasteiger partial charge in [-0.1, -0.05) is 35.9 Å². The Morgan fingerprint density at radius 1 is 1.36 bits per heavy atom. The molecule has 0 radical (unpaired) electrons. The molecule has 1 heterocycles. The fourth-order valence-corrected chi connectivity index (χ4v) is 2.44. The molecule has 1 N–H and O–H groups in total. The van der Waals surface area contributed by atoms with Gasteiger partial charge in [-0.3, -0.25) is 14.9 Å². The number of nitrogens with one attached hydrogen (secondary N) is 1. The Hall–Kier alpha value is -2.47. The lowest BCUT2D eigenvalue weighted by Gasteiger charge is -2.16. The molecular formula is C15H14ClN3O3. The van der Waals surface area contributed by atoms with E-state index in [1.54, 1.807) is 0 Å². The topological polar surface area (TPSA) is 85.1 Å². The van der Waals surface area contributed by atoms with Gasteiger partial charge in [-0.2, -0.15) is 0 Å². The second-order valence-corrected chi connectivity index (χ2v) is 5.16. The third-order valence-corrected chi connectivity index (χ3v) is 3.59. The van der Waals surface area contributed by atoms with Gasteiger partial charge in [0.1, 0.15) is 5.56 Å². The number of nitrogens with zero attached hydrogens (tertiary/aromatic N) is 2. The Morgan fingerprint density at radius 2 is 2.05 bits per heavy atom. The number of hydrogen-bond acceptors (Lipinski definition) is 4. The second-order valence-electron chi connectivity index (χ2n) is 4.81. The van der Waals surface area contributed by atoms with Gasteiger partial charge in [0.25, 0.3) is 5.91 Å². The zero-order valence-electron chi connectivity index (χ0n) is 12.0. The van der Waals surface area contributed by atoms with Crippen molar-refractivity contribution in [2.45, 2.75) is 19.9 Å². The first-order chi connectivity index (χ1) is 10.4. The molecule has 0 saturated carbocycles. The summed E-state index contributed by atoms with van der Waals surface area (Å²) in [5.41, 5.74) is 1.38. The van der Waals surface area contributed by atoms with E-state index >= 15 is 0 Å². The predicted octanol–water partition coefficient (Wildman–Crippen LogP) is 3.44. The first kappa shape index (κ1) is 15.9. The van der Waals surface area contributed by atoms with Crippen molar-refractivity contribution in [2.24, 2.45) is 0 Å². The van der Waals surface area contributed by atoms with Crippen LogP contribution in [0.15, 0.2) is 36.5 Å². The van der Waals surface area contributed by atoms with Crippen LogP contribution in [0.2, 0.25) is 5.15 Å². The molecule has 2 aromatic rings. The molecule has 0 aliphatic heterocycles. The normalized spacial score (nSPS) is 11.8. The van der Waals surface area contributed by atoms with Crippen LogP contribution in [0.25, 0.3) is 0 Å². The highest BCUT2D eigenvalue weighted by Gasteiger charge is 2.25. The minimum Gasteiger partial charge on any atom is -0.345 e. The predicted molar refractivity (Wildman–Crippen MR) is 83.0 cm³/mol. The second kappa shape index (κ2) is 6.53. The van der Waals surface area contributed by atoms with Crippen molar-refractivity contribution in [2.75, 3.05) is 0 Å². The van der Waals surface area contributed by atoms with Gasteiger partial charge in [-0.05, 0) is 31.0 Å². The Balaban J connectivity index is 2.29. The van der Waals surface area contributed by atoms with E-state index in [1.807, 2.05) is 38.1 Å². The van der Waals surface area contributed by atoms with E-state index in [0.717, 1.165) is 11.1 Å². The average Bonchev–Trinajstić information content (AvgIpc) is 2.46. The molecule has 0 unspecified atom stereocenters. The van der Waals surface area contributed by atoms with Crippen LogP contribution in [0, 0.1) is 17.0 Å². The lowest BCUT2D eigenvalue weighted by Crippen LogP contribution is -2.27. The summed E-state index contributed by atoms with van der Waals surface area (Å²) in [5.74, 6) is -0.563. The van der Waals surface area contributed by atoms with Gasteiger partial charge in [-0.25, -0.2) is 4.98 Å². The maximum atomic E-state index is 12.3. The van der Waals surface area contributed by atoms with Crippen LogP contribution in [-0.4, -0.2) is 15.8 Å². The molecular weight excluding hydrogens is 306 g/mol. The first-order valence-corrected chi connectivity index (χ1v) is 6.95. The number of benzene rings is 1. The number of aryl methyl sites for hydroxylation is 1. The van der Waals surface area contributed by atoms with Gasteiger partial charge in [0.05, 0.1) is 11.0 Å². The van der Waals surface area contributed by atoms with Crippen molar-refractivity contribution in [3.8, 4) is 0 Å². The standard InChI is InChI=1S/C15H14ClN3O3/c1-9-5-3-4-6-11(9)10(2)18-15(20)12-7-8-17-14(16)13(12)19(21)22/h3-8,10H,1-2H3,(H,18,20)/t10-/m0/s1. The van der Waals surface area contributed by atoms with E-state index in [4.69, 9.17) is 11.6 Å². The summed E-state index contributed by atoms with van der Waals surface area (Å²) in [6.45, 7) is 3.75. The minimum absolute atomic E-state index is 0.106. The van der Waals surface area contributed by atoms with Crippen LogP contribution < -0.4 is 5.32 Å². The highest BCUT2D eigenvalue weighted by molar-refractivity contribution is 6.32. The maximum Gasteiger partial charge on any atom is 0.319 e. The molecule has 7 heteroatoms. The highest BCUT2D eigenvalue weighted by Crippen LogP contribution is 2.26. The fourth-order valence-electron chi connectivity index (χ4n) is 2.21. The molecule has 1 amide bonds. The third kappa shape index (κ3) is 3.23. The summed E-state index contributed by atoms with van der Waals surface area (Å²) in [6, 6.07) is 8.60. The third-order valence-electron chi connectivity index (χ3n) is 3.31. The van der Waals surface area contributed by atoms with Crippen LogP contribution in [0.1, 0.15) is 34.5 Å². The summed E-state index contributed by atoms with van der Waals surface area (Å²) in [5, 5.41) is 13.5. The Labute approximate surface area is 132 Å². The summed E-state index contributed by atoms with van der Waals surface area (Å²) in [4.78, 5) is 26.3. The van der Waals surface area contributed by atoms with Crippen molar-refractivity contribution in [1.29, 1.82) is 0 Å². The summed E-state index contributed by atoms with van der Waals surface area (Å²) in [6.07, 6.45) is 1.27. The molecule has 6 nitrogen and oxygen atoms in total. The zero-order chi connectivity index (χ0) is 16.3. The van der Waals surface area contributed by atoms with Crippen LogP contribution in [0.5, 0.6) is 0 Å². The minimum atomic E-state index is -0.706. The Bertz CT molecular complexity index is 734. The van der Waals surface area contributed by atoms with E-state index in [2.05, 4.69) is 10.3 Å². The van der Waals surface area contributed by atoms with Crippen molar-refractivity contribution in [3.05, 3.63) is 68.5 Å². The number of nitro groups is 1. The molecule has 1 aromatic heterocycles. The van der Waals surface area contributed by atoms with Crippen LogP contribution in [0.3, 0.4) is 0 Å². The van der Waals surface area contributed by atoms with Gasteiger partial charge in [0, 0.05) is 6.20 Å². The van der Waals surface area contributed by atoms with Crippen molar-refractivity contribution >= 4 is 23.2 Å². The van der Waals surface area contributed by atoms with Gasteiger partial charge in [-0.15, -0.1) is 0 Å². The molecule has 114 valence electrons. The smallest absolute Gasteiger partial charge is 0.319 e. The molecule has 0 aliphatic carbocycles. The van der Waals surface area contributed by atoms with E-state index in [0.29, 0.717) is 0 Å². The zero-order valence-corrected chi connectivity index (χ0v) is 12.8. The highest BCUT2D eigenvalue weighted by atomic mass is 35.5. The molecule has 1 aromatic carbocycles. The van der Waals surface area contributed by atoms with Crippen LogP contribution in [-0.2, 0) is 0 Å². The number of carbonyl (C=O) groups is 1. The number of hydrogen-bond donors (Lipinski definition) is 1. The fraction of sp³-hybridized carbons (Fsp3) is 0.200. The average molecular weight is 320 g/mol. The molecule has 0 fully saturated rings. The van der Waals surface area contributed by atoms with Gasteiger partial charge in [0.15, 0.2) is 0 Å². The molecule has 22 heavy (non-hydrogen) atoms. The van der Waals surface area contributed by atoms with Crippen LogP contribution >= 0.6 is 11.6 Å². The van der Waals surface area contributed by atoms with Crippen molar-refractivity contribution in [3.63, 3.8) is 0 Å². The van der Waals surface area contributed by atoms with E-state index in [9.17, 15) is 14.9 Å². The number of carbonyl (C=O) groups excluding carboxylic acids is 1. The SMILES string of the molecule is Cc1ccccc1[C@H](C)NC(=O)c1ccnc(Cl)c1[N+](=O)[O-]. The van der Waals surface area contributed by atoms with Gasteiger partial charge >= 0.3 is 5.69 Å². The molecule has 0 spiro atoms. The van der Waals surface area contributed by atoms with E-state index in [1.165, 1.54) is 12.3 Å². The lowest BCUT2D eigenvalue weighted by molar-refractivity contribution is -0.385. The molecule has 0 bridgehead atoms. The number of amides is 1. The Kier molecular flexibility index (Phi) is 4.72. The largest absolute Gasteiger partial charge is 0.345 e. The number of pyridine rings is 1. The Morgan fingerprint density at radius 3 is 2.68 bits per heavy atom. The molecule has 2 rings (SSSR count). The van der Waals surface area contributed by atoms with Gasteiger partial charge in [0.2, 0.25) is 5.15 Å². The van der Waals surface area contributed by atoms with Crippen molar-refractivity contribution in [1.82, 2.24) is 10.3 Å². The van der Waals surface area contributed by atoms with Crippen molar-refractivity contribution < 1.29 is 9.72 Å². The molecule has 0 saturated heterocycles. The summed E-state index contributed by atoms with van der Waals surface area (Å²) in [7, 11) is 0. The number of halogens is 1.